The third kappa shape index (κ3) is 3.93. The fourth-order valence-electron chi connectivity index (χ4n) is 3.09. The Kier molecular flexibility index (Phi) is 5.55. The smallest absolute Gasteiger partial charge is 0.487 e. The molecular formula is C22H26BFO4. The van der Waals surface area contributed by atoms with Gasteiger partial charge in [0, 0.05) is 0 Å². The predicted octanol–water partition coefficient (Wildman–Crippen LogP) is 4.91. The first kappa shape index (κ1) is 20.4. The van der Waals surface area contributed by atoms with E-state index >= 15 is 0 Å². The molecule has 2 aromatic rings. The largest absolute Gasteiger partial charge is 0.493 e. The molecule has 1 aliphatic heterocycles. The maximum atomic E-state index is 13.5. The van der Waals surface area contributed by atoms with Crippen molar-refractivity contribution < 1.29 is 23.2 Å². The maximum Gasteiger partial charge on any atom is 0.487 e. The highest BCUT2D eigenvalue weighted by molar-refractivity contribution is 6.53. The lowest BCUT2D eigenvalue weighted by Crippen LogP contribution is -2.41. The van der Waals surface area contributed by atoms with Gasteiger partial charge in [0.25, 0.3) is 0 Å². The van der Waals surface area contributed by atoms with Crippen molar-refractivity contribution in [3.05, 3.63) is 65.4 Å². The van der Waals surface area contributed by atoms with E-state index in [4.69, 9.17) is 18.8 Å². The maximum absolute atomic E-state index is 13.5. The first-order chi connectivity index (χ1) is 13.2. The molecule has 0 amide bonds. The molecule has 1 saturated heterocycles. The fraction of sp³-hybridized carbons (Fsp3) is 0.364. The molecule has 148 valence electrons. The van der Waals surface area contributed by atoms with E-state index < -0.39 is 18.3 Å². The van der Waals surface area contributed by atoms with Crippen LogP contribution in [0.3, 0.4) is 0 Å². The minimum atomic E-state index is -0.529. The number of rotatable bonds is 5. The predicted molar refractivity (Wildman–Crippen MR) is 109 cm³/mol. The quantitative estimate of drug-likeness (QED) is 0.687. The number of ether oxygens (including phenoxy) is 2. The highest BCUT2D eigenvalue weighted by atomic mass is 19.1. The molecule has 6 heteroatoms. The molecule has 4 nitrogen and oxygen atoms in total. The topological polar surface area (TPSA) is 36.9 Å². The molecule has 1 fully saturated rings. The Morgan fingerprint density at radius 2 is 1.39 bits per heavy atom. The summed E-state index contributed by atoms with van der Waals surface area (Å²) in [5, 5.41) is 0. The zero-order valence-corrected chi connectivity index (χ0v) is 17.2. The molecule has 0 unspecified atom stereocenters. The van der Waals surface area contributed by atoms with Crippen molar-refractivity contribution in [1.29, 1.82) is 0 Å². The van der Waals surface area contributed by atoms with E-state index in [0.717, 1.165) is 16.7 Å². The molecule has 0 atom stereocenters. The van der Waals surface area contributed by atoms with E-state index in [2.05, 4.69) is 0 Å². The van der Waals surface area contributed by atoms with E-state index in [-0.39, 0.29) is 5.82 Å². The van der Waals surface area contributed by atoms with E-state index in [1.54, 1.807) is 26.4 Å². The molecular weight excluding hydrogens is 358 g/mol. The van der Waals surface area contributed by atoms with Gasteiger partial charge in [0.05, 0.1) is 25.4 Å². The van der Waals surface area contributed by atoms with Gasteiger partial charge in [-0.05, 0) is 74.6 Å². The molecule has 0 N–H and O–H groups in total. The monoisotopic (exact) mass is 384 g/mol. The average Bonchev–Trinajstić information content (AvgIpc) is 2.86. The second-order valence-corrected chi connectivity index (χ2v) is 7.78. The summed E-state index contributed by atoms with van der Waals surface area (Å²) in [6.07, 6.45) is 0. The highest BCUT2D eigenvalue weighted by Gasteiger charge is 2.50. The van der Waals surface area contributed by atoms with Gasteiger partial charge in [-0.15, -0.1) is 0 Å². The summed E-state index contributed by atoms with van der Waals surface area (Å²) in [6.45, 7) is 8.03. The average molecular weight is 384 g/mol. The van der Waals surface area contributed by atoms with Crippen LogP contribution in [0.1, 0.15) is 38.8 Å². The Balaban J connectivity index is 2.08. The van der Waals surface area contributed by atoms with Gasteiger partial charge in [-0.2, -0.15) is 0 Å². The zero-order valence-electron chi connectivity index (χ0n) is 17.2. The fourth-order valence-corrected chi connectivity index (χ4v) is 3.09. The summed E-state index contributed by atoms with van der Waals surface area (Å²) in [5.41, 5.74) is 1.71. The normalized spacial score (nSPS) is 18.2. The molecule has 0 aliphatic carbocycles. The molecule has 1 heterocycles. The van der Waals surface area contributed by atoms with Gasteiger partial charge < -0.3 is 18.8 Å². The van der Waals surface area contributed by atoms with Crippen LogP contribution in [0.5, 0.6) is 11.5 Å². The van der Waals surface area contributed by atoms with Crippen molar-refractivity contribution in [2.45, 2.75) is 38.9 Å². The van der Waals surface area contributed by atoms with Gasteiger partial charge in [0.15, 0.2) is 11.5 Å². The van der Waals surface area contributed by atoms with Crippen LogP contribution in [0.25, 0.3) is 5.57 Å². The number of hydrogen-bond acceptors (Lipinski definition) is 4. The van der Waals surface area contributed by atoms with Gasteiger partial charge >= 0.3 is 7.12 Å². The third-order valence-electron chi connectivity index (χ3n) is 5.42. The lowest BCUT2D eigenvalue weighted by atomic mass is 9.82. The van der Waals surface area contributed by atoms with Crippen molar-refractivity contribution in [1.82, 2.24) is 0 Å². The third-order valence-corrected chi connectivity index (χ3v) is 5.42. The van der Waals surface area contributed by atoms with Gasteiger partial charge in [0.1, 0.15) is 5.82 Å². The minimum absolute atomic E-state index is 0.286. The summed E-state index contributed by atoms with van der Waals surface area (Å²) in [7, 11) is 2.66. The second kappa shape index (κ2) is 7.61. The summed E-state index contributed by atoms with van der Waals surface area (Å²) >= 11 is 0. The van der Waals surface area contributed by atoms with E-state index in [1.165, 1.54) is 12.1 Å². The van der Waals surface area contributed by atoms with Crippen molar-refractivity contribution in [2.75, 3.05) is 14.2 Å². The zero-order chi connectivity index (χ0) is 20.5. The van der Waals surface area contributed by atoms with Crippen LogP contribution in [0.2, 0.25) is 0 Å². The molecule has 2 aromatic carbocycles. The van der Waals surface area contributed by atoms with Crippen LogP contribution in [0.15, 0.2) is 48.4 Å². The Bertz CT molecular complexity index is 859. The van der Waals surface area contributed by atoms with Crippen LogP contribution in [0.4, 0.5) is 4.39 Å². The van der Waals surface area contributed by atoms with Crippen LogP contribution in [0, 0.1) is 5.82 Å². The molecule has 0 saturated carbocycles. The van der Waals surface area contributed by atoms with Gasteiger partial charge in [-0.25, -0.2) is 4.39 Å². The standard InChI is InChI=1S/C22H26BFO4/c1-21(2)22(3,4)28-23(27-21)14-18(15-7-10-17(24)11-8-15)16-9-12-19(25-5)20(13-16)26-6/h7-14H,1-6H3/b18-14-. The molecule has 28 heavy (non-hydrogen) atoms. The molecule has 0 spiro atoms. The number of benzene rings is 2. The van der Waals surface area contributed by atoms with Crippen molar-refractivity contribution >= 4 is 12.7 Å². The van der Waals surface area contributed by atoms with E-state index in [9.17, 15) is 4.39 Å². The van der Waals surface area contributed by atoms with Crippen LogP contribution in [-0.4, -0.2) is 32.5 Å². The second-order valence-electron chi connectivity index (χ2n) is 7.78. The van der Waals surface area contributed by atoms with Crippen LogP contribution in [-0.2, 0) is 9.31 Å². The van der Waals surface area contributed by atoms with E-state index in [1.807, 2.05) is 51.9 Å². The first-order valence-corrected chi connectivity index (χ1v) is 9.22. The minimum Gasteiger partial charge on any atom is -0.493 e. The lowest BCUT2D eigenvalue weighted by molar-refractivity contribution is 0.00578. The van der Waals surface area contributed by atoms with Crippen LogP contribution >= 0.6 is 0 Å². The van der Waals surface area contributed by atoms with Gasteiger partial charge in [-0.3, -0.25) is 0 Å². The van der Waals surface area contributed by atoms with Crippen molar-refractivity contribution in [2.24, 2.45) is 0 Å². The molecule has 0 bridgehead atoms. The summed E-state index contributed by atoms with van der Waals surface area (Å²) in [4.78, 5) is 0. The van der Waals surface area contributed by atoms with Crippen molar-refractivity contribution in [3.8, 4) is 11.5 Å². The SMILES string of the molecule is COc1ccc(/C(=C\B2OC(C)(C)C(C)(C)O2)c2ccc(F)cc2)cc1OC. The Labute approximate surface area is 166 Å². The van der Waals surface area contributed by atoms with Crippen molar-refractivity contribution in [3.63, 3.8) is 0 Å². The highest BCUT2D eigenvalue weighted by Crippen LogP contribution is 2.39. The lowest BCUT2D eigenvalue weighted by Gasteiger charge is -2.32. The molecule has 0 aromatic heterocycles. The Morgan fingerprint density at radius 1 is 0.857 bits per heavy atom. The Hall–Kier alpha value is -2.31. The molecule has 3 rings (SSSR count). The summed E-state index contributed by atoms with van der Waals surface area (Å²) in [6, 6.07) is 12.0. The summed E-state index contributed by atoms with van der Waals surface area (Å²) < 4.78 is 36.5. The summed E-state index contributed by atoms with van der Waals surface area (Å²) in [5.74, 6) is 2.89. The van der Waals surface area contributed by atoms with Crippen LogP contribution < -0.4 is 9.47 Å². The molecule has 0 radical (unpaired) electrons. The Morgan fingerprint density at radius 3 is 1.93 bits per heavy atom. The van der Waals surface area contributed by atoms with Gasteiger partial charge in [0.2, 0.25) is 0 Å². The number of methoxy groups -OCH3 is 2. The van der Waals surface area contributed by atoms with Gasteiger partial charge in [-0.1, -0.05) is 18.2 Å². The number of hydrogen-bond donors (Lipinski definition) is 0. The first-order valence-electron chi connectivity index (χ1n) is 9.22. The molecule has 1 aliphatic rings. The van der Waals surface area contributed by atoms with E-state index in [0.29, 0.717) is 11.5 Å². The number of halogens is 1.